The summed E-state index contributed by atoms with van der Waals surface area (Å²) in [4.78, 5) is 29.5. The van der Waals surface area contributed by atoms with Crippen LogP contribution in [0.1, 0.15) is 48.9 Å². The molecule has 1 heterocycles. The van der Waals surface area contributed by atoms with Gasteiger partial charge in [0.1, 0.15) is 5.75 Å². The Bertz CT molecular complexity index is 967. The largest absolute Gasteiger partial charge is 0.495 e. The molecule has 1 N–H and O–H groups in total. The van der Waals surface area contributed by atoms with Crippen molar-refractivity contribution in [2.75, 3.05) is 38.2 Å². The number of hydrogen-bond acceptors (Lipinski definition) is 4. The van der Waals surface area contributed by atoms with E-state index in [1.165, 1.54) is 24.0 Å². The van der Waals surface area contributed by atoms with Crippen LogP contribution in [0.2, 0.25) is 0 Å². The van der Waals surface area contributed by atoms with E-state index in [1.807, 2.05) is 31.2 Å². The predicted molar refractivity (Wildman–Crippen MR) is 126 cm³/mol. The average molecular weight is 436 g/mol. The molecule has 1 aliphatic carbocycles. The lowest BCUT2D eigenvalue weighted by Gasteiger charge is -2.36. The van der Waals surface area contributed by atoms with Crippen molar-refractivity contribution in [3.05, 3.63) is 59.2 Å². The minimum absolute atomic E-state index is 0.145. The third-order valence-electron chi connectivity index (χ3n) is 6.68. The molecule has 0 spiro atoms. The first-order chi connectivity index (χ1) is 15.6. The average Bonchev–Trinajstić information content (AvgIpc) is 2.86. The summed E-state index contributed by atoms with van der Waals surface area (Å²) >= 11 is 0. The molecule has 0 bridgehead atoms. The standard InChI is InChI=1S/C26H33N3O3/c1-3-22(21-13-12-19-8-4-5-9-20(19)18-21)27-25(30)26(31)29-16-14-28(15-17-29)23-10-6-7-11-24(23)32-2/h6-7,10-13,18,22H,3-5,8-9,14-17H2,1-2H3,(H,27,30). The number of nitrogens with one attached hydrogen (secondary N) is 1. The molecule has 2 amide bonds. The normalized spacial score (nSPS) is 16.8. The summed E-state index contributed by atoms with van der Waals surface area (Å²) in [5.74, 6) is -0.137. The number of nitrogens with zero attached hydrogens (tertiary/aromatic N) is 2. The molecule has 2 aliphatic rings. The Morgan fingerprint density at radius 2 is 1.72 bits per heavy atom. The first-order valence-electron chi connectivity index (χ1n) is 11.7. The maximum Gasteiger partial charge on any atom is 0.312 e. The topological polar surface area (TPSA) is 61.9 Å². The summed E-state index contributed by atoms with van der Waals surface area (Å²) in [7, 11) is 1.66. The SMILES string of the molecule is CCC(NC(=O)C(=O)N1CCN(c2ccccc2OC)CC1)c1ccc2c(c1)CCCC2. The number of para-hydroxylation sites is 2. The van der Waals surface area contributed by atoms with Crippen LogP contribution in [0.4, 0.5) is 5.69 Å². The van der Waals surface area contributed by atoms with Crippen molar-refractivity contribution in [1.29, 1.82) is 0 Å². The third-order valence-corrected chi connectivity index (χ3v) is 6.68. The maximum absolute atomic E-state index is 12.9. The van der Waals surface area contributed by atoms with Gasteiger partial charge in [0.2, 0.25) is 0 Å². The fourth-order valence-electron chi connectivity index (χ4n) is 4.80. The summed E-state index contributed by atoms with van der Waals surface area (Å²) in [6, 6.07) is 14.3. The van der Waals surface area contributed by atoms with Crippen molar-refractivity contribution in [2.24, 2.45) is 0 Å². The van der Waals surface area contributed by atoms with Gasteiger partial charge in [-0.3, -0.25) is 9.59 Å². The Kier molecular flexibility index (Phi) is 6.98. The highest BCUT2D eigenvalue weighted by atomic mass is 16.5. The van der Waals surface area contributed by atoms with E-state index in [0.717, 1.165) is 36.3 Å². The fraction of sp³-hybridized carbons (Fsp3) is 0.462. The number of fused-ring (bicyclic) bond motifs is 1. The van der Waals surface area contributed by atoms with E-state index < -0.39 is 11.8 Å². The molecule has 0 aromatic heterocycles. The van der Waals surface area contributed by atoms with Crippen molar-refractivity contribution >= 4 is 17.5 Å². The molecular weight excluding hydrogens is 402 g/mol. The Balaban J connectivity index is 1.36. The van der Waals surface area contributed by atoms with Crippen molar-refractivity contribution in [2.45, 2.75) is 45.1 Å². The zero-order valence-electron chi connectivity index (χ0n) is 19.1. The fourth-order valence-corrected chi connectivity index (χ4v) is 4.80. The molecule has 6 nitrogen and oxygen atoms in total. The Hall–Kier alpha value is -3.02. The summed E-state index contributed by atoms with van der Waals surface area (Å²) in [5, 5.41) is 2.98. The van der Waals surface area contributed by atoms with Gasteiger partial charge in [-0.2, -0.15) is 0 Å². The number of rotatable bonds is 5. The molecular formula is C26H33N3O3. The van der Waals surface area contributed by atoms with E-state index in [0.29, 0.717) is 26.2 Å². The second kappa shape index (κ2) is 10.1. The van der Waals surface area contributed by atoms with Gasteiger partial charge in [0.15, 0.2) is 0 Å². The highest BCUT2D eigenvalue weighted by molar-refractivity contribution is 6.35. The van der Waals surface area contributed by atoms with Gasteiger partial charge in [-0.25, -0.2) is 0 Å². The van der Waals surface area contributed by atoms with Crippen LogP contribution in [0.15, 0.2) is 42.5 Å². The molecule has 1 fully saturated rings. The summed E-state index contributed by atoms with van der Waals surface area (Å²) < 4.78 is 5.46. The van der Waals surface area contributed by atoms with Gasteiger partial charge in [-0.15, -0.1) is 0 Å². The van der Waals surface area contributed by atoms with Crippen LogP contribution >= 0.6 is 0 Å². The number of carbonyl (C=O) groups is 2. The van der Waals surface area contributed by atoms with Crippen LogP contribution < -0.4 is 15.0 Å². The van der Waals surface area contributed by atoms with Crippen LogP contribution in [0.25, 0.3) is 0 Å². The quantitative estimate of drug-likeness (QED) is 0.731. The molecule has 1 saturated heterocycles. The minimum Gasteiger partial charge on any atom is -0.495 e. The van der Waals surface area contributed by atoms with E-state index in [2.05, 4.69) is 28.4 Å². The lowest BCUT2D eigenvalue weighted by atomic mass is 9.89. The number of ether oxygens (including phenoxy) is 1. The van der Waals surface area contributed by atoms with Crippen molar-refractivity contribution in [3.8, 4) is 5.75 Å². The molecule has 1 aliphatic heterocycles. The summed E-state index contributed by atoms with van der Waals surface area (Å²) in [6.45, 7) is 4.41. The number of benzene rings is 2. The minimum atomic E-state index is -0.514. The van der Waals surface area contributed by atoms with Gasteiger partial charge >= 0.3 is 11.8 Å². The molecule has 2 aromatic rings. The first-order valence-corrected chi connectivity index (χ1v) is 11.7. The number of anilines is 1. The van der Waals surface area contributed by atoms with Crippen molar-refractivity contribution < 1.29 is 14.3 Å². The Morgan fingerprint density at radius 1 is 1.00 bits per heavy atom. The number of carbonyl (C=O) groups excluding carboxylic acids is 2. The van der Waals surface area contributed by atoms with Gasteiger partial charge in [0, 0.05) is 26.2 Å². The van der Waals surface area contributed by atoms with E-state index in [-0.39, 0.29) is 6.04 Å². The van der Waals surface area contributed by atoms with Gasteiger partial charge in [0.25, 0.3) is 0 Å². The van der Waals surface area contributed by atoms with Crippen LogP contribution in [0, 0.1) is 0 Å². The van der Waals surface area contributed by atoms with Gasteiger partial charge < -0.3 is 19.9 Å². The molecule has 1 unspecified atom stereocenters. The second-order valence-corrected chi connectivity index (χ2v) is 8.62. The number of piperazine rings is 1. The molecule has 0 saturated carbocycles. The molecule has 32 heavy (non-hydrogen) atoms. The first kappa shape index (κ1) is 22.2. The van der Waals surface area contributed by atoms with Crippen LogP contribution in [0.5, 0.6) is 5.75 Å². The number of amides is 2. The molecule has 1 atom stereocenters. The predicted octanol–water partition coefficient (Wildman–Crippen LogP) is 3.49. The summed E-state index contributed by atoms with van der Waals surface area (Å²) in [6.07, 6.45) is 5.46. The van der Waals surface area contributed by atoms with E-state index in [4.69, 9.17) is 4.74 Å². The molecule has 2 aromatic carbocycles. The van der Waals surface area contributed by atoms with Crippen LogP contribution in [0.3, 0.4) is 0 Å². The van der Waals surface area contributed by atoms with Crippen molar-refractivity contribution in [3.63, 3.8) is 0 Å². The maximum atomic E-state index is 12.9. The van der Waals surface area contributed by atoms with E-state index >= 15 is 0 Å². The van der Waals surface area contributed by atoms with Crippen LogP contribution in [-0.4, -0.2) is 50.0 Å². The highest BCUT2D eigenvalue weighted by Gasteiger charge is 2.28. The summed E-state index contributed by atoms with van der Waals surface area (Å²) in [5.41, 5.74) is 4.92. The van der Waals surface area contributed by atoms with E-state index in [9.17, 15) is 9.59 Å². The molecule has 6 heteroatoms. The van der Waals surface area contributed by atoms with Crippen molar-refractivity contribution in [1.82, 2.24) is 10.2 Å². The lowest BCUT2D eigenvalue weighted by Crippen LogP contribution is -2.53. The zero-order chi connectivity index (χ0) is 22.5. The molecule has 0 radical (unpaired) electrons. The zero-order valence-corrected chi connectivity index (χ0v) is 19.1. The smallest absolute Gasteiger partial charge is 0.312 e. The van der Waals surface area contributed by atoms with E-state index in [1.54, 1.807) is 12.0 Å². The van der Waals surface area contributed by atoms with Crippen LogP contribution in [-0.2, 0) is 22.4 Å². The Labute approximate surface area is 190 Å². The monoisotopic (exact) mass is 435 g/mol. The van der Waals surface area contributed by atoms with Gasteiger partial charge in [-0.1, -0.05) is 37.3 Å². The lowest BCUT2D eigenvalue weighted by molar-refractivity contribution is -0.146. The Morgan fingerprint density at radius 3 is 2.44 bits per heavy atom. The van der Waals surface area contributed by atoms with Gasteiger partial charge in [-0.05, 0) is 60.9 Å². The number of aryl methyl sites for hydroxylation is 2. The highest BCUT2D eigenvalue weighted by Crippen LogP contribution is 2.29. The molecule has 4 rings (SSSR count). The molecule has 170 valence electrons. The third kappa shape index (κ3) is 4.74. The number of hydrogen-bond donors (Lipinski definition) is 1. The van der Waals surface area contributed by atoms with Gasteiger partial charge in [0.05, 0.1) is 18.8 Å². The number of methoxy groups -OCH3 is 1. The second-order valence-electron chi connectivity index (χ2n) is 8.62.